The molecular weight excluding hydrogens is 260 g/mol. The van der Waals surface area contributed by atoms with Crippen LogP contribution < -0.4 is 5.73 Å². The van der Waals surface area contributed by atoms with Crippen molar-refractivity contribution in [2.24, 2.45) is 17.6 Å². The highest BCUT2D eigenvalue weighted by Crippen LogP contribution is 2.26. The van der Waals surface area contributed by atoms with Crippen LogP contribution in [0.4, 0.5) is 0 Å². The Hall–Kier alpha value is -1.35. The predicted octanol–water partition coefficient (Wildman–Crippen LogP) is 3.31. The van der Waals surface area contributed by atoms with Crippen LogP contribution in [0.1, 0.15) is 57.2 Å². The van der Waals surface area contributed by atoms with E-state index >= 15 is 0 Å². The number of hydrogen-bond acceptors (Lipinski definition) is 2. The highest BCUT2D eigenvalue weighted by Gasteiger charge is 2.32. The van der Waals surface area contributed by atoms with Gasteiger partial charge < -0.3 is 10.6 Å². The summed E-state index contributed by atoms with van der Waals surface area (Å²) in [6.07, 6.45) is 0.677. The third-order valence-corrected chi connectivity index (χ3v) is 4.64. The Labute approximate surface area is 128 Å². The van der Waals surface area contributed by atoms with Gasteiger partial charge in [0.2, 0.25) is 5.91 Å². The number of hydrogen-bond donors (Lipinski definition) is 1. The van der Waals surface area contributed by atoms with Gasteiger partial charge in [-0.25, -0.2) is 0 Å². The van der Waals surface area contributed by atoms with Crippen molar-refractivity contribution in [3.8, 4) is 0 Å². The van der Waals surface area contributed by atoms with Crippen LogP contribution >= 0.6 is 0 Å². The van der Waals surface area contributed by atoms with Gasteiger partial charge in [-0.3, -0.25) is 4.79 Å². The van der Waals surface area contributed by atoms with Gasteiger partial charge in [-0.1, -0.05) is 52.0 Å². The third kappa shape index (κ3) is 3.85. The maximum absolute atomic E-state index is 12.1. The lowest BCUT2D eigenvalue weighted by Gasteiger charge is -2.22. The Morgan fingerprint density at radius 1 is 1.14 bits per heavy atom. The highest BCUT2D eigenvalue weighted by atomic mass is 16.2. The van der Waals surface area contributed by atoms with Gasteiger partial charge in [0.15, 0.2) is 0 Å². The van der Waals surface area contributed by atoms with E-state index in [9.17, 15) is 4.79 Å². The average molecular weight is 288 g/mol. The molecule has 0 saturated carbocycles. The van der Waals surface area contributed by atoms with Crippen molar-refractivity contribution in [2.45, 2.75) is 46.1 Å². The van der Waals surface area contributed by atoms with Crippen molar-refractivity contribution in [2.75, 3.05) is 13.1 Å². The monoisotopic (exact) mass is 288 g/mol. The molecular formula is C18H28N2O. The number of benzene rings is 1. The number of likely N-dealkylation sites (tertiary alicyclic amines) is 1. The summed E-state index contributed by atoms with van der Waals surface area (Å²) < 4.78 is 0. The lowest BCUT2D eigenvalue weighted by molar-refractivity contribution is -0.128. The van der Waals surface area contributed by atoms with Crippen LogP contribution in [0.25, 0.3) is 0 Å². The number of nitrogens with zero attached hydrogens (tertiary/aromatic N) is 1. The number of rotatable bonds is 5. The fourth-order valence-corrected chi connectivity index (χ4v) is 2.90. The summed E-state index contributed by atoms with van der Waals surface area (Å²) in [5.41, 5.74) is 8.72. The van der Waals surface area contributed by atoms with Gasteiger partial charge in [0.05, 0.1) is 0 Å². The predicted molar refractivity (Wildman–Crippen MR) is 87.0 cm³/mol. The SMILES string of the molecule is CC(C)c1ccc(C(N)CN2CC(C(C)C)CC2=O)cc1. The minimum absolute atomic E-state index is 0.0962. The zero-order valence-electron chi connectivity index (χ0n) is 13.7. The minimum Gasteiger partial charge on any atom is -0.340 e. The molecule has 1 heterocycles. The van der Waals surface area contributed by atoms with E-state index in [2.05, 4.69) is 52.0 Å². The van der Waals surface area contributed by atoms with E-state index in [1.165, 1.54) is 5.56 Å². The van der Waals surface area contributed by atoms with E-state index in [0.29, 0.717) is 30.7 Å². The Morgan fingerprint density at radius 3 is 2.19 bits per heavy atom. The quantitative estimate of drug-likeness (QED) is 0.903. The van der Waals surface area contributed by atoms with Gasteiger partial charge in [-0.05, 0) is 28.9 Å². The average Bonchev–Trinajstić information content (AvgIpc) is 2.80. The van der Waals surface area contributed by atoms with E-state index in [0.717, 1.165) is 12.1 Å². The number of nitrogens with two attached hydrogens (primary N) is 1. The van der Waals surface area contributed by atoms with Gasteiger partial charge in [0.1, 0.15) is 0 Å². The Kier molecular flexibility index (Phi) is 5.04. The van der Waals surface area contributed by atoms with Crippen molar-refractivity contribution in [3.63, 3.8) is 0 Å². The summed E-state index contributed by atoms with van der Waals surface area (Å²) in [7, 11) is 0. The summed E-state index contributed by atoms with van der Waals surface area (Å²) in [5, 5.41) is 0. The first-order chi connectivity index (χ1) is 9.88. The molecule has 21 heavy (non-hydrogen) atoms. The lowest BCUT2D eigenvalue weighted by atomic mass is 9.95. The number of carbonyl (C=O) groups is 1. The molecule has 1 amide bonds. The van der Waals surface area contributed by atoms with Crippen LogP contribution in [0.2, 0.25) is 0 Å². The first-order valence-corrected chi connectivity index (χ1v) is 8.01. The molecule has 0 radical (unpaired) electrons. The van der Waals surface area contributed by atoms with Gasteiger partial charge in [-0.15, -0.1) is 0 Å². The second-order valence-corrected chi connectivity index (χ2v) is 6.93. The largest absolute Gasteiger partial charge is 0.340 e. The topological polar surface area (TPSA) is 46.3 Å². The maximum Gasteiger partial charge on any atom is 0.222 e. The van der Waals surface area contributed by atoms with Gasteiger partial charge in [-0.2, -0.15) is 0 Å². The van der Waals surface area contributed by atoms with Crippen LogP contribution in [-0.4, -0.2) is 23.9 Å². The zero-order chi connectivity index (χ0) is 15.6. The normalized spacial score (nSPS) is 20.6. The summed E-state index contributed by atoms with van der Waals surface area (Å²) in [6.45, 7) is 10.2. The molecule has 3 heteroatoms. The van der Waals surface area contributed by atoms with Crippen molar-refractivity contribution in [1.82, 2.24) is 4.90 Å². The van der Waals surface area contributed by atoms with E-state index < -0.39 is 0 Å². The lowest BCUT2D eigenvalue weighted by Crippen LogP contribution is -2.33. The summed E-state index contributed by atoms with van der Waals surface area (Å²) in [6, 6.07) is 8.38. The molecule has 1 aliphatic rings. The molecule has 1 saturated heterocycles. The van der Waals surface area contributed by atoms with Crippen molar-refractivity contribution in [1.29, 1.82) is 0 Å². The standard InChI is InChI=1S/C18H28N2O/c1-12(2)14-5-7-15(8-6-14)17(19)11-20-10-16(13(3)4)9-18(20)21/h5-8,12-13,16-17H,9-11,19H2,1-4H3. The molecule has 2 unspecified atom stereocenters. The minimum atomic E-state index is -0.0962. The molecule has 2 rings (SSSR count). The molecule has 0 spiro atoms. The molecule has 0 aromatic heterocycles. The van der Waals surface area contributed by atoms with E-state index in [4.69, 9.17) is 5.73 Å². The summed E-state index contributed by atoms with van der Waals surface area (Å²) in [4.78, 5) is 14.0. The van der Waals surface area contributed by atoms with Crippen LogP contribution in [0.5, 0.6) is 0 Å². The molecule has 0 aliphatic carbocycles. The van der Waals surface area contributed by atoms with E-state index in [1.807, 2.05) is 4.90 Å². The number of carbonyl (C=O) groups excluding carboxylic acids is 1. The molecule has 2 atom stereocenters. The van der Waals surface area contributed by atoms with E-state index in [1.54, 1.807) is 0 Å². The fourth-order valence-electron chi connectivity index (χ4n) is 2.90. The third-order valence-electron chi connectivity index (χ3n) is 4.64. The Balaban J connectivity index is 1.98. The molecule has 116 valence electrons. The summed E-state index contributed by atoms with van der Waals surface area (Å²) >= 11 is 0. The van der Waals surface area contributed by atoms with Crippen LogP contribution in [0.3, 0.4) is 0 Å². The van der Waals surface area contributed by atoms with Crippen molar-refractivity contribution < 1.29 is 4.79 Å². The Morgan fingerprint density at radius 2 is 1.71 bits per heavy atom. The summed E-state index contributed by atoms with van der Waals surface area (Å²) in [5.74, 6) is 1.82. The van der Waals surface area contributed by atoms with Crippen LogP contribution in [-0.2, 0) is 4.79 Å². The molecule has 2 N–H and O–H groups in total. The van der Waals surface area contributed by atoms with Gasteiger partial charge in [0.25, 0.3) is 0 Å². The van der Waals surface area contributed by atoms with Crippen LogP contribution in [0, 0.1) is 11.8 Å². The second-order valence-electron chi connectivity index (χ2n) is 6.93. The van der Waals surface area contributed by atoms with Crippen molar-refractivity contribution >= 4 is 5.91 Å². The zero-order valence-corrected chi connectivity index (χ0v) is 13.7. The molecule has 3 nitrogen and oxygen atoms in total. The second kappa shape index (κ2) is 6.61. The maximum atomic E-state index is 12.1. The first-order valence-electron chi connectivity index (χ1n) is 8.01. The van der Waals surface area contributed by atoms with Crippen LogP contribution in [0.15, 0.2) is 24.3 Å². The fraction of sp³-hybridized carbons (Fsp3) is 0.611. The van der Waals surface area contributed by atoms with Gasteiger partial charge >= 0.3 is 0 Å². The highest BCUT2D eigenvalue weighted by molar-refractivity contribution is 5.78. The molecule has 1 fully saturated rings. The smallest absolute Gasteiger partial charge is 0.222 e. The van der Waals surface area contributed by atoms with Gasteiger partial charge in [0, 0.05) is 25.6 Å². The first kappa shape index (κ1) is 16.0. The van der Waals surface area contributed by atoms with Crippen molar-refractivity contribution in [3.05, 3.63) is 35.4 Å². The number of amides is 1. The Bertz CT molecular complexity index is 478. The molecule has 1 aromatic rings. The molecule has 1 aromatic carbocycles. The van der Waals surface area contributed by atoms with E-state index in [-0.39, 0.29) is 11.9 Å². The molecule has 0 bridgehead atoms. The molecule has 1 aliphatic heterocycles.